The Kier molecular flexibility index (Phi) is 9.33. The number of hydrogen-bond donors (Lipinski definition) is 2. The number of amides is 2. The lowest BCUT2D eigenvalue weighted by molar-refractivity contribution is -0.147. The van der Waals surface area contributed by atoms with Gasteiger partial charge in [-0.15, -0.1) is 0 Å². The van der Waals surface area contributed by atoms with Crippen LogP contribution in [0.4, 0.5) is 11.4 Å². The predicted molar refractivity (Wildman–Crippen MR) is 135 cm³/mol. The molecular weight excluding hydrogens is 547 g/mol. The van der Waals surface area contributed by atoms with Gasteiger partial charge in [0.2, 0.25) is 5.91 Å². The number of esters is 1. The van der Waals surface area contributed by atoms with Crippen molar-refractivity contribution in [1.82, 2.24) is 0 Å². The van der Waals surface area contributed by atoms with Gasteiger partial charge >= 0.3 is 5.97 Å². The fraction of sp³-hybridized carbons (Fsp3) is 0.125. The number of nitrogens with one attached hydrogen (secondary N) is 2. The smallest absolute Gasteiger partial charge is 0.306 e. The summed E-state index contributed by atoms with van der Waals surface area (Å²) < 4.78 is 11.3. The molecule has 0 fully saturated rings. The van der Waals surface area contributed by atoms with Gasteiger partial charge in [0, 0.05) is 27.3 Å². The van der Waals surface area contributed by atoms with Crippen LogP contribution < -0.4 is 15.4 Å². The molecule has 10 heteroatoms. The summed E-state index contributed by atoms with van der Waals surface area (Å²) in [5.41, 5.74) is 1.02. The largest absolute Gasteiger partial charge is 0.457 e. The van der Waals surface area contributed by atoms with E-state index in [1.54, 1.807) is 66.7 Å². The molecule has 34 heavy (non-hydrogen) atoms. The van der Waals surface area contributed by atoms with Gasteiger partial charge in [-0.25, -0.2) is 0 Å². The second-order valence-corrected chi connectivity index (χ2v) is 8.66. The molecule has 7 nitrogen and oxygen atoms in total. The molecule has 0 saturated heterocycles. The summed E-state index contributed by atoms with van der Waals surface area (Å²) in [5.74, 6) is -0.318. The topological polar surface area (TPSA) is 93.7 Å². The van der Waals surface area contributed by atoms with Crippen molar-refractivity contribution in [2.45, 2.75) is 12.8 Å². The average molecular weight is 566 g/mol. The molecule has 0 saturated carbocycles. The third-order valence-electron chi connectivity index (χ3n) is 4.31. The fourth-order valence-corrected chi connectivity index (χ4v) is 3.23. The number of carbonyl (C=O) groups excluding carboxylic acids is 3. The van der Waals surface area contributed by atoms with E-state index in [-0.39, 0.29) is 18.7 Å². The van der Waals surface area contributed by atoms with E-state index in [0.29, 0.717) is 37.4 Å². The zero-order valence-corrected chi connectivity index (χ0v) is 20.7. The third kappa shape index (κ3) is 8.37. The Hall–Kier alpha value is -3.07. The molecule has 0 radical (unpaired) electrons. The summed E-state index contributed by atoms with van der Waals surface area (Å²) in [6.45, 7) is -0.469. The number of carbonyl (C=O) groups is 3. The number of halogens is 3. The first-order chi connectivity index (χ1) is 16.3. The normalized spacial score (nSPS) is 10.3. The summed E-state index contributed by atoms with van der Waals surface area (Å²) in [4.78, 5) is 35.9. The Balaban J connectivity index is 1.36. The second kappa shape index (κ2) is 12.4. The standard InChI is InChI=1S/C24H19BrCl2N2O5/c25-20-10-5-17(13-21(20)27)29-23(31)14-33-24(32)12-11-22(30)28-16-3-8-19(9-4-16)34-18-6-1-15(26)2-7-18/h1-10,13H,11-12,14H2,(H,28,30)(H,29,31). The highest BCUT2D eigenvalue weighted by Crippen LogP contribution is 2.26. The van der Waals surface area contributed by atoms with Crippen molar-refractivity contribution >= 4 is 68.3 Å². The molecule has 0 aliphatic carbocycles. The fourth-order valence-electron chi connectivity index (χ4n) is 2.67. The number of ether oxygens (including phenoxy) is 2. The van der Waals surface area contributed by atoms with Crippen molar-refractivity contribution in [3.8, 4) is 11.5 Å². The molecule has 176 valence electrons. The molecule has 0 bridgehead atoms. The Morgan fingerprint density at radius 3 is 2.00 bits per heavy atom. The molecular formula is C24H19BrCl2N2O5. The predicted octanol–water partition coefficient (Wildman–Crippen LogP) is 6.45. The van der Waals surface area contributed by atoms with Crippen LogP contribution in [0.1, 0.15) is 12.8 Å². The van der Waals surface area contributed by atoms with Gasteiger partial charge in [-0.2, -0.15) is 0 Å². The van der Waals surface area contributed by atoms with E-state index in [2.05, 4.69) is 26.6 Å². The van der Waals surface area contributed by atoms with E-state index in [1.807, 2.05) is 0 Å². The first-order valence-corrected chi connectivity index (χ1v) is 11.6. The Bertz CT molecular complexity index is 1170. The van der Waals surface area contributed by atoms with Gasteiger partial charge in [0.1, 0.15) is 11.5 Å². The lowest BCUT2D eigenvalue weighted by Crippen LogP contribution is -2.21. The van der Waals surface area contributed by atoms with Crippen LogP contribution in [-0.2, 0) is 19.1 Å². The molecule has 2 N–H and O–H groups in total. The molecule has 0 aliphatic heterocycles. The Morgan fingerprint density at radius 1 is 0.765 bits per heavy atom. The molecule has 0 aromatic heterocycles. The summed E-state index contributed by atoms with van der Waals surface area (Å²) >= 11 is 15.1. The molecule has 0 atom stereocenters. The van der Waals surface area contributed by atoms with E-state index in [4.69, 9.17) is 32.7 Å². The number of benzene rings is 3. The molecule has 3 aromatic rings. The van der Waals surface area contributed by atoms with Crippen molar-refractivity contribution in [1.29, 1.82) is 0 Å². The average Bonchev–Trinajstić information content (AvgIpc) is 2.81. The lowest BCUT2D eigenvalue weighted by atomic mass is 10.2. The van der Waals surface area contributed by atoms with Crippen LogP contribution in [0, 0.1) is 0 Å². The molecule has 3 rings (SSSR count). The van der Waals surface area contributed by atoms with E-state index >= 15 is 0 Å². The number of anilines is 2. The molecule has 0 unspecified atom stereocenters. The van der Waals surface area contributed by atoms with Crippen LogP contribution in [0.15, 0.2) is 71.2 Å². The Morgan fingerprint density at radius 2 is 1.35 bits per heavy atom. The second-order valence-electron chi connectivity index (χ2n) is 6.97. The summed E-state index contributed by atoms with van der Waals surface area (Å²) in [6, 6.07) is 18.6. The summed E-state index contributed by atoms with van der Waals surface area (Å²) in [5, 5.41) is 6.31. The minimum absolute atomic E-state index is 0.0915. The quantitative estimate of drug-likeness (QED) is 0.291. The van der Waals surface area contributed by atoms with E-state index in [9.17, 15) is 14.4 Å². The van der Waals surface area contributed by atoms with Crippen LogP contribution in [-0.4, -0.2) is 24.4 Å². The van der Waals surface area contributed by atoms with Crippen molar-refractivity contribution < 1.29 is 23.9 Å². The summed E-state index contributed by atoms with van der Waals surface area (Å²) in [7, 11) is 0. The highest BCUT2D eigenvalue weighted by Gasteiger charge is 2.12. The maximum atomic E-state index is 12.1. The van der Waals surface area contributed by atoms with Gasteiger partial charge in [-0.1, -0.05) is 23.2 Å². The van der Waals surface area contributed by atoms with Gasteiger partial charge < -0.3 is 20.1 Å². The monoisotopic (exact) mass is 564 g/mol. The maximum absolute atomic E-state index is 12.1. The van der Waals surface area contributed by atoms with Crippen molar-refractivity contribution in [2.75, 3.05) is 17.2 Å². The van der Waals surface area contributed by atoms with Crippen LogP contribution >= 0.6 is 39.1 Å². The van der Waals surface area contributed by atoms with Crippen LogP contribution in [0.2, 0.25) is 10.0 Å². The molecule has 0 heterocycles. The highest BCUT2D eigenvalue weighted by molar-refractivity contribution is 9.10. The van der Waals surface area contributed by atoms with Crippen LogP contribution in [0.25, 0.3) is 0 Å². The Labute approximate surface area is 214 Å². The third-order valence-corrected chi connectivity index (χ3v) is 5.80. The first-order valence-electron chi connectivity index (χ1n) is 10.0. The molecule has 0 spiro atoms. The van der Waals surface area contributed by atoms with E-state index in [0.717, 1.165) is 0 Å². The van der Waals surface area contributed by atoms with Crippen LogP contribution in [0.5, 0.6) is 11.5 Å². The molecule has 2 amide bonds. The first kappa shape index (κ1) is 25.6. The SMILES string of the molecule is O=C(CCC(=O)OCC(=O)Nc1ccc(Br)c(Cl)c1)Nc1ccc(Oc2ccc(Cl)cc2)cc1. The van der Waals surface area contributed by atoms with Gasteiger partial charge in [-0.05, 0) is 82.7 Å². The van der Waals surface area contributed by atoms with Crippen LogP contribution in [0.3, 0.4) is 0 Å². The van der Waals surface area contributed by atoms with Crippen molar-refractivity contribution in [3.63, 3.8) is 0 Å². The van der Waals surface area contributed by atoms with E-state index in [1.165, 1.54) is 0 Å². The van der Waals surface area contributed by atoms with Crippen molar-refractivity contribution in [3.05, 3.63) is 81.2 Å². The maximum Gasteiger partial charge on any atom is 0.306 e. The van der Waals surface area contributed by atoms with Crippen molar-refractivity contribution in [2.24, 2.45) is 0 Å². The molecule has 3 aromatic carbocycles. The zero-order chi connectivity index (χ0) is 24.5. The number of hydrogen-bond acceptors (Lipinski definition) is 5. The van der Waals surface area contributed by atoms with E-state index < -0.39 is 18.5 Å². The zero-order valence-electron chi connectivity index (χ0n) is 17.6. The molecule has 0 aliphatic rings. The van der Waals surface area contributed by atoms with Gasteiger partial charge in [-0.3, -0.25) is 14.4 Å². The lowest BCUT2D eigenvalue weighted by Gasteiger charge is -2.09. The highest BCUT2D eigenvalue weighted by atomic mass is 79.9. The number of rotatable bonds is 9. The minimum atomic E-state index is -0.661. The summed E-state index contributed by atoms with van der Waals surface area (Å²) in [6.07, 6.45) is -0.257. The van der Waals surface area contributed by atoms with Gasteiger partial charge in [0.25, 0.3) is 5.91 Å². The van der Waals surface area contributed by atoms with Gasteiger partial charge in [0.05, 0.1) is 11.4 Å². The van der Waals surface area contributed by atoms with Gasteiger partial charge in [0.15, 0.2) is 6.61 Å². The minimum Gasteiger partial charge on any atom is -0.457 e.